The van der Waals surface area contributed by atoms with E-state index in [1.807, 2.05) is 35.2 Å². The molecule has 4 rings (SSSR count). The summed E-state index contributed by atoms with van der Waals surface area (Å²) >= 11 is 0. The van der Waals surface area contributed by atoms with E-state index < -0.39 is 6.10 Å². The number of benzene rings is 1. The minimum Gasteiger partial charge on any atom is -0.391 e. The van der Waals surface area contributed by atoms with E-state index >= 15 is 0 Å². The van der Waals surface area contributed by atoms with Crippen molar-refractivity contribution in [2.45, 2.75) is 37.8 Å². The minimum absolute atomic E-state index is 0.234. The van der Waals surface area contributed by atoms with Gasteiger partial charge in [0.25, 0.3) is 5.91 Å². The molecule has 144 valence electrons. The van der Waals surface area contributed by atoms with Crippen molar-refractivity contribution in [3.05, 3.63) is 35.9 Å². The van der Waals surface area contributed by atoms with Gasteiger partial charge in [-0.1, -0.05) is 48.3 Å². The molecule has 1 aromatic heterocycles. The first-order valence-electron chi connectivity index (χ1n) is 9.61. The van der Waals surface area contributed by atoms with Gasteiger partial charge in [0, 0.05) is 18.7 Å². The Morgan fingerprint density at radius 3 is 2.63 bits per heavy atom. The first-order valence-corrected chi connectivity index (χ1v) is 9.61. The summed E-state index contributed by atoms with van der Waals surface area (Å²) in [5.41, 5.74) is 1.24. The lowest BCUT2D eigenvalue weighted by Gasteiger charge is -2.29. The molecule has 0 spiro atoms. The molecule has 2 atom stereocenters. The topological polar surface area (TPSA) is 87.8 Å². The fraction of sp³-hybridized carbons (Fsp3) is 0.500. The van der Waals surface area contributed by atoms with Gasteiger partial charge in [-0.25, -0.2) is 0 Å². The lowest BCUT2D eigenvalue weighted by Crippen LogP contribution is -2.45. The smallest absolute Gasteiger partial charge is 0.259 e. The Morgan fingerprint density at radius 1 is 1.15 bits per heavy atom. The number of aromatic nitrogens is 1. The van der Waals surface area contributed by atoms with Gasteiger partial charge in [-0.3, -0.25) is 4.79 Å². The summed E-state index contributed by atoms with van der Waals surface area (Å²) in [6.07, 6.45) is 3.00. The summed E-state index contributed by atoms with van der Waals surface area (Å²) in [7, 11) is 0. The van der Waals surface area contributed by atoms with Gasteiger partial charge in [-0.05, 0) is 12.8 Å². The van der Waals surface area contributed by atoms with E-state index in [1.165, 1.54) is 0 Å². The summed E-state index contributed by atoms with van der Waals surface area (Å²) in [6.45, 7) is 2.51. The van der Waals surface area contributed by atoms with Crippen LogP contribution in [0.15, 0.2) is 34.9 Å². The van der Waals surface area contributed by atoms with Gasteiger partial charge >= 0.3 is 0 Å². The summed E-state index contributed by atoms with van der Waals surface area (Å²) < 4.78 is 11.0. The highest BCUT2D eigenvalue weighted by Gasteiger charge is 2.32. The largest absolute Gasteiger partial charge is 0.391 e. The Bertz CT molecular complexity index is 771. The molecule has 0 unspecified atom stereocenters. The Morgan fingerprint density at radius 2 is 1.89 bits per heavy atom. The van der Waals surface area contributed by atoms with Crippen molar-refractivity contribution in [3.8, 4) is 11.3 Å². The molecule has 1 saturated heterocycles. The van der Waals surface area contributed by atoms with Gasteiger partial charge in [0.05, 0.1) is 25.4 Å². The Hall–Kier alpha value is -2.38. The van der Waals surface area contributed by atoms with E-state index in [4.69, 9.17) is 9.26 Å². The standard InChI is InChI=1S/C20H25N3O4/c24-16-9-5-4-8-15(16)21-20(25)17-18(14-6-2-1-3-7-14)27-22-19(17)23-10-12-26-13-11-23/h1-3,6-7,15-16,24H,4-5,8-13H2,(H,21,25)/t15-,16-/m1/s1. The van der Waals surface area contributed by atoms with Crippen LogP contribution in [0.3, 0.4) is 0 Å². The van der Waals surface area contributed by atoms with Crippen LogP contribution in [-0.2, 0) is 4.74 Å². The van der Waals surface area contributed by atoms with Crippen molar-refractivity contribution >= 4 is 11.7 Å². The lowest BCUT2D eigenvalue weighted by atomic mass is 9.92. The first-order chi connectivity index (χ1) is 13.2. The van der Waals surface area contributed by atoms with Gasteiger partial charge in [-0.2, -0.15) is 0 Å². The van der Waals surface area contributed by atoms with Gasteiger partial charge < -0.3 is 24.6 Å². The predicted octanol–water partition coefficient (Wildman–Crippen LogP) is 2.21. The number of aliphatic hydroxyl groups is 1. The number of nitrogens with zero attached hydrogens (tertiary/aromatic N) is 2. The summed E-state index contributed by atoms with van der Waals surface area (Å²) in [5, 5.41) is 17.5. The van der Waals surface area contributed by atoms with Crippen LogP contribution in [0.2, 0.25) is 0 Å². The lowest BCUT2D eigenvalue weighted by molar-refractivity contribution is 0.0717. The number of rotatable bonds is 4. The molecule has 7 nitrogen and oxygen atoms in total. The normalized spacial score (nSPS) is 23.2. The molecular weight excluding hydrogens is 346 g/mol. The SMILES string of the molecule is O=C(N[C@@H]1CCCC[C@H]1O)c1c(N2CCOCC2)noc1-c1ccccc1. The predicted molar refractivity (Wildman–Crippen MR) is 101 cm³/mol. The second-order valence-corrected chi connectivity index (χ2v) is 7.11. The van der Waals surface area contributed by atoms with Crippen LogP contribution in [-0.4, -0.2) is 54.6 Å². The van der Waals surface area contributed by atoms with Crippen LogP contribution in [0.4, 0.5) is 5.82 Å². The van der Waals surface area contributed by atoms with Crippen LogP contribution in [0, 0.1) is 0 Å². The number of hydrogen-bond acceptors (Lipinski definition) is 6. The highest BCUT2D eigenvalue weighted by atomic mass is 16.5. The molecule has 2 aromatic rings. The number of ether oxygens (including phenoxy) is 1. The van der Waals surface area contributed by atoms with Crippen LogP contribution in [0.25, 0.3) is 11.3 Å². The molecule has 0 bridgehead atoms. The van der Waals surface area contributed by atoms with Crippen LogP contribution in [0.1, 0.15) is 36.0 Å². The Balaban J connectivity index is 1.67. The van der Waals surface area contributed by atoms with Crippen molar-refractivity contribution in [3.63, 3.8) is 0 Å². The average molecular weight is 371 g/mol. The third-order valence-corrected chi connectivity index (χ3v) is 5.29. The van der Waals surface area contributed by atoms with E-state index in [1.54, 1.807) is 0 Å². The number of morpholine rings is 1. The third kappa shape index (κ3) is 3.84. The number of carbonyl (C=O) groups is 1. The number of aliphatic hydroxyl groups excluding tert-OH is 1. The van der Waals surface area contributed by atoms with E-state index in [0.717, 1.165) is 31.2 Å². The molecule has 0 radical (unpaired) electrons. The molecule has 7 heteroatoms. The zero-order chi connectivity index (χ0) is 18.6. The van der Waals surface area contributed by atoms with E-state index in [0.29, 0.717) is 43.4 Å². The van der Waals surface area contributed by atoms with Crippen LogP contribution in [0.5, 0.6) is 0 Å². The number of nitrogens with one attached hydrogen (secondary N) is 1. The van der Waals surface area contributed by atoms with Gasteiger partial charge in [-0.15, -0.1) is 0 Å². The highest BCUT2D eigenvalue weighted by molar-refractivity contribution is 6.04. The molecule has 27 heavy (non-hydrogen) atoms. The van der Waals surface area contributed by atoms with Crippen molar-refractivity contribution in [1.82, 2.24) is 10.5 Å². The maximum absolute atomic E-state index is 13.2. The monoisotopic (exact) mass is 371 g/mol. The molecule has 1 aliphatic carbocycles. The van der Waals surface area contributed by atoms with Crippen LogP contribution >= 0.6 is 0 Å². The minimum atomic E-state index is -0.505. The fourth-order valence-electron chi connectivity index (χ4n) is 3.78. The molecule has 1 amide bonds. The molecule has 1 aliphatic heterocycles. The van der Waals surface area contributed by atoms with E-state index in [2.05, 4.69) is 10.5 Å². The number of hydrogen-bond donors (Lipinski definition) is 2. The maximum Gasteiger partial charge on any atom is 0.259 e. The fourth-order valence-corrected chi connectivity index (χ4v) is 3.78. The van der Waals surface area contributed by atoms with E-state index in [9.17, 15) is 9.90 Å². The Kier molecular flexibility index (Phi) is 5.40. The average Bonchev–Trinajstić information content (AvgIpc) is 3.16. The number of amides is 1. The highest BCUT2D eigenvalue weighted by Crippen LogP contribution is 2.32. The zero-order valence-corrected chi connectivity index (χ0v) is 15.3. The van der Waals surface area contributed by atoms with Crippen LogP contribution < -0.4 is 10.2 Å². The zero-order valence-electron chi connectivity index (χ0n) is 15.3. The van der Waals surface area contributed by atoms with Crippen molar-refractivity contribution in [1.29, 1.82) is 0 Å². The molecule has 1 aromatic carbocycles. The van der Waals surface area contributed by atoms with Crippen molar-refractivity contribution < 1.29 is 19.2 Å². The van der Waals surface area contributed by atoms with Gasteiger partial charge in [0.2, 0.25) is 0 Å². The second-order valence-electron chi connectivity index (χ2n) is 7.11. The summed E-state index contributed by atoms with van der Waals surface area (Å²) in [4.78, 5) is 15.2. The first kappa shape index (κ1) is 18.0. The molecule has 2 N–H and O–H groups in total. The second kappa shape index (κ2) is 8.10. The van der Waals surface area contributed by atoms with Gasteiger partial charge in [0.1, 0.15) is 5.56 Å². The van der Waals surface area contributed by atoms with Gasteiger partial charge in [0.15, 0.2) is 11.6 Å². The third-order valence-electron chi connectivity index (χ3n) is 5.29. The summed E-state index contributed by atoms with van der Waals surface area (Å²) in [6, 6.07) is 9.28. The van der Waals surface area contributed by atoms with Crippen molar-refractivity contribution in [2.24, 2.45) is 0 Å². The molecule has 1 saturated carbocycles. The van der Waals surface area contributed by atoms with Crippen molar-refractivity contribution in [2.75, 3.05) is 31.2 Å². The summed E-state index contributed by atoms with van der Waals surface area (Å²) in [5.74, 6) is 0.752. The maximum atomic E-state index is 13.2. The Labute approximate surface area is 158 Å². The molecular formula is C20H25N3O4. The quantitative estimate of drug-likeness (QED) is 0.857. The molecule has 2 heterocycles. The number of anilines is 1. The molecule has 2 aliphatic rings. The van der Waals surface area contributed by atoms with E-state index in [-0.39, 0.29) is 11.9 Å². The number of carbonyl (C=O) groups excluding carboxylic acids is 1. The molecule has 2 fully saturated rings.